The summed E-state index contributed by atoms with van der Waals surface area (Å²) in [4.78, 5) is 83.9. The van der Waals surface area contributed by atoms with Crippen molar-refractivity contribution in [3.05, 3.63) is 130 Å². The number of aromatic nitrogens is 5. The molecule has 6 aromatic rings. The fraction of sp³-hybridized carbons (Fsp3) is 0.522. The first-order valence-electron chi connectivity index (χ1n) is 31.9. The molecule has 0 unspecified atom stereocenters. The van der Waals surface area contributed by atoms with E-state index in [1.54, 1.807) is 70.5 Å². The van der Waals surface area contributed by atoms with Crippen molar-refractivity contribution in [2.75, 3.05) is 63.4 Å². The number of piperazine rings is 2. The second-order valence-electron chi connectivity index (χ2n) is 26.3. The number of hydrogen-bond donors (Lipinski definition) is 3. The molecule has 6 heterocycles. The molecule has 3 aromatic heterocycles. The molecule has 482 valence electrons. The molecule has 4 amide bonds. The van der Waals surface area contributed by atoms with Crippen molar-refractivity contribution in [3.63, 3.8) is 0 Å². The van der Waals surface area contributed by atoms with Crippen LogP contribution in [-0.2, 0) is 29.2 Å². The molecule has 4 fully saturated rings. The van der Waals surface area contributed by atoms with Crippen LogP contribution in [-0.4, -0.2) is 156 Å². The zero-order valence-electron chi connectivity index (χ0n) is 52.0. The summed E-state index contributed by atoms with van der Waals surface area (Å²) in [5.41, 5.74) is 2.97. The maximum absolute atomic E-state index is 15.7. The number of imidazole rings is 1. The van der Waals surface area contributed by atoms with Crippen molar-refractivity contribution >= 4 is 80.0 Å². The number of benzene rings is 3. The molecule has 3 N–H and O–H groups in total. The standard InChI is InChI=1S/C67H84Cl2FN11O8S/c1-66(2,3)57(81-61(46-22-25-50(68)26-23-46)52(47-16-15-17-51(69)36-47)38-67(4,65(81)87)39-60(84)85)44-90(88,89)79-34-32-77(33-35-79)59(83)19-14-12-10-8-6-5-7-9-11-13-18-58(82)76-28-30-78(31-29-76)64(86)48-24-27-54(53(70)37-48)74-62-63-71-42-56(49-40-72-73-41-49)80(63)43-55(75-62)45-20-21-45/h15-17,22-27,36-37,40-43,45,52,57,61H,5-14,18-21,28-35,38-39,44H2,1-4H3,(H,72,73)(H,74,75)(H,84,85)/t52-,57-,61-,67-/m1/s1. The number of carbonyl (C=O) groups excluding carboxylic acids is 4. The highest BCUT2D eigenvalue weighted by Gasteiger charge is 2.55. The molecule has 4 aliphatic rings. The molecule has 0 spiro atoms. The number of sulfonamides is 1. The molecule has 3 aliphatic heterocycles. The number of piperidine rings is 1. The molecule has 1 saturated carbocycles. The topological polar surface area (TPSA) is 227 Å². The summed E-state index contributed by atoms with van der Waals surface area (Å²) in [6.45, 7) is 9.76. The van der Waals surface area contributed by atoms with Crippen molar-refractivity contribution in [1.29, 1.82) is 0 Å². The smallest absolute Gasteiger partial charge is 0.304 e. The number of amides is 4. The summed E-state index contributed by atoms with van der Waals surface area (Å²) >= 11 is 12.9. The van der Waals surface area contributed by atoms with Crippen LogP contribution < -0.4 is 5.32 Å². The first kappa shape index (κ1) is 66.0. The molecule has 90 heavy (non-hydrogen) atoms. The van der Waals surface area contributed by atoms with Gasteiger partial charge in [-0.25, -0.2) is 22.8 Å². The molecule has 0 radical (unpaired) electrons. The lowest BCUT2D eigenvalue weighted by atomic mass is 9.66. The van der Waals surface area contributed by atoms with Gasteiger partial charge in [0.1, 0.15) is 5.82 Å². The van der Waals surface area contributed by atoms with Crippen LogP contribution in [0.3, 0.4) is 0 Å². The number of H-pyrrole nitrogens is 1. The van der Waals surface area contributed by atoms with Crippen LogP contribution in [0.15, 0.2) is 91.5 Å². The predicted molar refractivity (Wildman–Crippen MR) is 346 cm³/mol. The average molecular weight is 1290 g/mol. The highest BCUT2D eigenvalue weighted by atomic mass is 35.5. The Bertz CT molecular complexity index is 3640. The lowest BCUT2D eigenvalue weighted by molar-refractivity contribution is -0.162. The summed E-state index contributed by atoms with van der Waals surface area (Å²) in [7, 11) is -4.02. The van der Waals surface area contributed by atoms with Gasteiger partial charge in [0.25, 0.3) is 5.91 Å². The zero-order valence-corrected chi connectivity index (χ0v) is 54.3. The molecule has 19 nitrogen and oxygen atoms in total. The van der Waals surface area contributed by atoms with E-state index >= 15 is 9.18 Å². The normalized spacial score (nSPS) is 19.8. The monoisotopic (exact) mass is 1290 g/mol. The summed E-state index contributed by atoms with van der Waals surface area (Å²) in [6, 6.07) is 17.3. The third-order valence-electron chi connectivity index (χ3n) is 18.5. The Labute approximate surface area is 537 Å². The Balaban J connectivity index is 0.604. The molecule has 3 aromatic carbocycles. The molecule has 4 atom stereocenters. The number of carboxylic acid groups (broad SMARTS) is 1. The van der Waals surface area contributed by atoms with Crippen molar-refractivity contribution in [1.82, 2.24) is 48.5 Å². The summed E-state index contributed by atoms with van der Waals surface area (Å²) in [5, 5.41) is 21.2. The van der Waals surface area contributed by atoms with E-state index in [1.807, 2.05) is 66.6 Å². The van der Waals surface area contributed by atoms with E-state index in [0.717, 1.165) is 105 Å². The van der Waals surface area contributed by atoms with Gasteiger partial charge in [0, 0.05) is 111 Å². The Hall–Kier alpha value is -6.94. The number of carbonyl (C=O) groups is 5. The lowest BCUT2D eigenvalue weighted by Crippen LogP contribution is -2.61. The van der Waals surface area contributed by atoms with Gasteiger partial charge in [-0.1, -0.05) is 127 Å². The number of nitrogens with zero attached hydrogens (tertiary/aromatic N) is 9. The fourth-order valence-electron chi connectivity index (χ4n) is 13.3. The highest BCUT2D eigenvalue weighted by Crippen LogP contribution is 2.54. The number of rotatable bonds is 26. The van der Waals surface area contributed by atoms with E-state index in [-0.39, 0.29) is 61.6 Å². The zero-order chi connectivity index (χ0) is 63.9. The van der Waals surface area contributed by atoms with E-state index < -0.39 is 68.7 Å². The van der Waals surface area contributed by atoms with E-state index in [9.17, 15) is 32.7 Å². The number of aromatic amines is 1. The number of anilines is 2. The van der Waals surface area contributed by atoms with Crippen LogP contribution in [0.4, 0.5) is 15.9 Å². The first-order chi connectivity index (χ1) is 43.1. The minimum atomic E-state index is -4.02. The summed E-state index contributed by atoms with van der Waals surface area (Å²) in [6.07, 6.45) is 19.8. The van der Waals surface area contributed by atoms with Crippen molar-refractivity contribution < 1.29 is 41.9 Å². The van der Waals surface area contributed by atoms with Gasteiger partial charge >= 0.3 is 5.97 Å². The van der Waals surface area contributed by atoms with Crippen LogP contribution in [0.2, 0.25) is 10.0 Å². The predicted octanol–water partition coefficient (Wildman–Crippen LogP) is 12.3. The summed E-state index contributed by atoms with van der Waals surface area (Å²) < 4.78 is 48.3. The van der Waals surface area contributed by atoms with Crippen molar-refractivity contribution in [3.8, 4) is 11.3 Å². The van der Waals surface area contributed by atoms with Crippen molar-refractivity contribution in [2.24, 2.45) is 10.8 Å². The average Bonchev–Trinajstić information content (AvgIpc) is 0.903. The minimum Gasteiger partial charge on any atom is -0.481 e. The highest BCUT2D eigenvalue weighted by molar-refractivity contribution is 7.89. The first-order valence-corrected chi connectivity index (χ1v) is 34.3. The van der Waals surface area contributed by atoms with E-state index in [2.05, 4.69) is 20.5 Å². The number of likely N-dealkylation sites (tertiary alicyclic amines) is 1. The van der Waals surface area contributed by atoms with Crippen LogP contribution >= 0.6 is 23.2 Å². The van der Waals surface area contributed by atoms with Gasteiger partial charge in [0.15, 0.2) is 11.5 Å². The van der Waals surface area contributed by atoms with Crippen LogP contribution in [0.25, 0.3) is 16.9 Å². The molecular formula is C67H84Cl2FN11O8S. The number of halogens is 3. The molecular weight excluding hydrogens is 1210 g/mol. The number of nitrogens with one attached hydrogen (secondary N) is 2. The minimum absolute atomic E-state index is 0.0112. The van der Waals surface area contributed by atoms with Gasteiger partial charge in [-0.05, 0) is 91.1 Å². The largest absolute Gasteiger partial charge is 0.481 e. The number of hydrogen-bond acceptors (Lipinski definition) is 11. The molecule has 23 heteroatoms. The Morgan fingerprint density at radius 1 is 0.778 bits per heavy atom. The Kier molecular flexibility index (Phi) is 21.0. The van der Waals surface area contributed by atoms with Gasteiger partial charge in [-0.2, -0.15) is 9.40 Å². The quantitative estimate of drug-likeness (QED) is 0.0431. The van der Waals surface area contributed by atoms with Crippen LogP contribution in [0.1, 0.15) is 175 Å². The Morgan fingerprint density at radius 3 is 1.96 bits per heavy atom. The molecule has 10 rings (SSSR count). The fourth-order valence-corrected chi connectivity index (χ4v) is 15.6. The van der Waals surface area contributed by atoms with Crippen LogP contribution in [0, 0.1) is 16.6 Å². The third-order valence-corrected chi connectivity index (χ3v) is 20.9. The SMILES string of the molecule is CC(C)(C)[C@@H](CS(=O)(=O)N1CCN(C(=O)CCCCCCCCCCCCC(=O)N2CCN(C(=O)c3ccc(Nc4nc(C5CC5)cn5c(-c6cn[nH]c6)cnc45)c(F)c3)CC2)CC1)N1C(=O)[C@@](C)(CC(=O)O)C[C@H](c2cccc(Cl)c2)[C@H]1c1ccc(Cl)cc1. The van der Waals surface area contributed by atoms with Gasteiger partial charge in [-0.15, -0.1) is 0 Å². The van der Waals surface area contributed by atoms with Gasteiger partial charge < -0.3 is 30.0 Å². The molecule has 3 saturated heterocycles. The summed E-state index contributed by atoms with van der Waals surface area (Å²) in [5.74, 6) is -2.39. The van der Waals surface area contributed by atoms with E-state index in [1.165, 1.54) is 10.4 Å². The van der Waals surface area contributed by atoms with E-state index in [0.29, 0.717) is 66.4 Å². The maximum Gasteiger partial charge on any atom is 0.304 e. The lowest BCUT2D eigenvalue weighted by Gasteiger charge is -2.54. The molecule has 1 aliphatic carbocycles. The molecule has 0 bridgehead atoms. The van der Waals surface area contributed by atoms with E-state index in [4.69, 9.17) is 28.2 Å². The van der Waals surface area contributed by atoms with Gasteiger partial charge in [-0.3, -0.25) is 33.5 Å². The van der Waals surface area contributed by atoms with Gasteiger partial charge in [0.05, 0.1) is 59.1 Å². The second-order valence-corrected chi connectivity index (χ2v) is 29.2. The van der Waals surface area contributed by atoms with Crippen molar-refractivity contribution in [2.45, 2.75) is 154 Å². The van der Waals surface area contributed by atoms with Gasteiger partial charge in [0.2, 0.25) is 27.7 Å². The number of fused-ring (bicyclic) bond motifs is 1. The van der Waals surface area contributed by atoms with Crippen LogP contribution in [0.5, 0.6) is 0 Å². The second kappa shape index (κ2) is 28.7. The number of carboxylic acids is 1. The Morgan fingerprint density at radius 2 is 1.39 bits per heavy atom. The maximum atomic E-state index is 15.7. The third kappa shape index (κ3) is 15.8. The number of unbranched alkanes of at least 4 members (excludes halogenated alkanes) is 9. The number of aliphatic carboxylic acids is 1.